The molecule has 1 aromatic rings. The summed E-state index contributed by atoms with van der Waals surface area (Å²) in [5.41, 5.74) is 1.87. The molecule has 4 nitrogen and oxygen atoms in total. The molecule has 2 rings (SSSR count). The highest BCUT2D eigenvalue weighted by Gasteiger charge is 2.30. The Bertz CT molecular complexity index is 536. The average molecular weight is 302 g/mol. The summed E-state index contributed by atoms with van der Waals surface area (Å²) in [6, 6.07) is 7.92. The molecule has 1 aliphatic carbocycles. The van der Waals surface area contributed by atoms with Gasteiger partial charge in [0.1, 0.15) is 0 Å². The molecule has 1 aromatic carbocycles. The van der Waals surface area contributed by atoms with Gasteiger partial charge < -0.3 is 9.80 Å². The zero-order chi connectivity index (χ0) is 16.1. The first kappa shape index (κ1) is 16.5. The van der Waals surface area contributed by atoms with Crippen LogP contribution in [0.4, 0.5) is 5.69 Å². The molecule has 1 fully saturated rings. The van der Waals surface area contributed by atoms with Gasteiger partial charge in [0.15, 0.2) is 0 Å². The van der Waals surface area contributed by atoms with E-state index in [1.165, 1.54) is 6.42 Å². The molecule has 4 heteroatoms. The lowest BCUT2D eigenvalue weighted by molar-refractivity contribution is -0.145. The van der Waals surface area contributed by atoms with E-state index in [4.69, 9.17) is 0 Å². The lowest BCUT2D eigenvalue weighted by Gasteiger charge is -2.32. The molecule has 0 heterocycles. The van der Waals surface area contributed by atoms with Crippen molar-refractivity contribution in [2.24, 2.45) is 0 Å². The average Bonchev–Trinajstić information content (AvgIpc) is 2.55. The number of carbonyl (C=O) groups excluding carboxylic acids is 2. The Morgan fingerprint density at radius 2 is 1.82 bits per heavy atom. The molecule has 1 saturated carbocycles. The minimum atomic E-state index is -0.429. The van der Waals surface area contributed by atoms with E-state index in [0.29, 0.717) is 6.54 Å². The predicted molar refractivity (Wildman–Crippen MR) is 88.8 cm³/mol. The van der Waals surface area contributed by atoms with Crippen LogP contribution in [0.5, 0.6) is 0 Å². The second kappa shape index (κ2) is 7.43. The molecule has 0 spiro atoms. The number of benzene rings is 1. The zero-order valence-corrected chi connectivity index (χ0v) is 13.8. The van der Waals surface area contributed by atoms with Crippen LogP contribution in [0.15, 0.2) is 24.3 Å². The largest absolute Gasteiger partial charge is 0.335 e. The highest BCUT2D eigenvalue weighted by atomic mass is 16.2. The maximum absolute atomic E-state index is 12.6. The molecular weight excluding hydrogens is 276 g/mol. The Labute approximate surface area is 133 Å². The number of likely N-dealkylation sites (N-methyl/N-ethyl adjacent to an activating group) is 2. The Balaban J connectivity index is 2.11. The first-order valence-electron chi connectivity index (χ1n) is 8.20. The molecular formula is C18H26N2O2. The molecule has 0 atom stereocenters. The van der Waals surface area contributed by atoms with E-state index in [1.54, 1.807) is 16.8 Å². The predicted octanol–water partition coefficient (Wildman–Crippen LogP) is 3.14. The van der Waals surface area contributed by atoms with Crippen molar-refractivity contribution in [3.8, 4) is 0 Å². The highest BCUT2D eigenvalue weighted by molar-refractivity contribution is 6.40. The van der Waals surface area contributed by atoms with Gasteiger partial charge in [-0.05, 0) is 44.4 Å². The number of rotatable bonds is 3. The van der Waals surface area contributed by atoms with Gasteiger partial charge in [-0.3, -0.25) is 9.59 Å². The second-order valence-corrected chi connectivity index (χ2v) is 6.10. The van der Waals surface area contributed by atoms with Crippen molar-refractivity contribution in [3.05, 3.63) is 29.8 Å². The number of hydrogen-bond acceptors (Lipinski definition) is 2. The number of anilines is 1. The summed E-state index contributed by atoms with van der Waals surface area (Å²) >= 11 is 0. The molecule has 0 aromatic heterocycles. The number of carbonyl (C=O) groups is 2. The Morgan fingerprint density at radius 1 is 1.14 bits per heavy atom. The quantitative estimate of drug-likeness (QED) is 0.805. The third-order valence-corrected chi connectivity index (χ3v) is 4.50. The van der Waals surface area contributed by atoms with Gasteiger partial charge in [-0.15, -0.1) is 0 Å². The molecule has 120 valence electrons. The maximum atomic E-state index is 12.6. The van der Waals surface area contributed by atoms with E-state index < -0.39 is 11.8 Å². The molecule has 2 amide bonds. The van der Waals surface area contributed by atoms with Crippen LogP contribution in [-0.4, -0.2) is 36.3 Å². The molecule has 0 N–H and O–H groups in total. The van der Waals surface area contributed by atoms with Crippen molar-refractivity contribution in [2.75, 3.05) is 18.5 Å². The standard InChI is InChI=1S/C18H26N2O2/c1-4-20(16-12-8-9-14(2)13-16)18(22)17(21)19(3)15-10-6-5-7-11-15/h8-9,12-13,15H,4-7,10-11H2,1-3H3. The van der Waals surface area contributed by atoms with Crippen molar-refractivity contribution in [3.63, 3.8) is 0 Å². The number of amides is 2. The van der Waals surface area contributed by atoms with E-state index in [9.17, 15) is 9.59 Å². The van der Waals surface area contributed by atoms with Gasteiger partial charge >= 0.3 is 11.8 Å². The van der Waals surface area contributed by atoms with Crippen LogP contribution >= 0.6 is 0 Å². The van der Waals surface area contributed by atoms with E-state index in [0.717, 1.165) is 36.9 Å². The lowest BCUT2D eigenvalue weighted by atomic mass is 9.94. The second-order valence-electron chi connectivity index (χ2n) is 6.10. The summed E-state index contributed by atoms with van der Waals surface area (Å²) in [6.45, 7) is 4.37. The number of hydrogen-bond donors (Lipinski definition) is 0. The van der Waals surface area contributed by atoms with Crippen LogP contribution in [-0.2, 0) is 9.59 Å². The summed E-state index contributed by atoms with van der Waals surface area (Å²) < 4.78 is 0. The fourth-order valence-corrected chi connectivity index (χ4v) is 3.14. The number of aryl methyl sites for hydroxylation is 1. The first-order valence-corrected chi connectivity index (χ1v) is 8.20. The van der Waals surface area contributed by atoms with Crippen LogP contribution in [0.2, 0.25) is 0 Å². The number of nitrogens with zero attached hydrogens (tertiary/aromatic N) is 2. The van der Waals surface area contributed by atoms with Gasteiger partial charge in [-0.25, -0.2) is 0 Å². The SMILES string of the molecule is CCN(C(=O)C(=O)N(C)C1CCCCC1)c1cccc(C)c1. The van der Waals surface area contributed by atoms with Crippen molar-refractivity contribution < 1.29 is 9.59 Å². The summed E-state index contributed by atoms with van der Waals surface area (Å²) in [5, 5.41) is 0. The smallest absolute Gasteiger partial charge is 0.316 e. The monoisotopic (exact) mass is 302 g/mol. The lowest BCUT2D eigenvalue weighted by Crippen LogP contribution is -2.48. The van der Waals surface area contributed by atoms with Gasteiger partial charge in [-0.2, -0.15) is 0 Å². The summed E-state index contributed by atoms with van der Waals surface area (Å²) in [4.78, 5) is 28.4. The van der Waals surface area contributed by atoms with E-state index >= 15 is 0 Å². The van der Waals surface area contributed by atoms with E-state index in [-0.39, 0.29) is 6.04 Å². The minimum Gasteiger partial charge on any atom is -0.335 e. The van der Waals surface area contributed by atoms with Gasteiger partial charge in [0, 0.05) is 25.3 Å². The van der Waals surface area contributed by atoms with Gasteiger partial charge in [0.25, 0.3) is 0 Å². The molecule has 1 aliphatic rings. The molecule has 0 radical (unpaired) electrons. The van der Waals surface area contributed by atoms with Crippen LogP contribution in [0.3, 0.4) is 0 Å². The summed E-state index contributed by atoms with van der Waals surface area (Å²) in [5.74, 6) is -0.823. The third-order valence-electron chi connectivity index (χ3n) is 4.50. The van der Waals surface area contributed by atoms with Crippen molar-refractivity contribution in [1.29, 1.82) is 0 Å². The van der Waals surface area contributed by atoms with Gasteiger partial charge in [0.05, 0.1) is 0 Å². The first-order chi connectivity index (χ1) is 10.5. The van der Waals surface area contributed by atoms with E-state index in [2.05, 4.69) is 0 Å². The zero-order valence-electron chi connectivity index (χ0n) is 13.8. The van der Waals surface area contributed by atoms with Crippen molar-refractivity contribution in [2.45, 2.75) is 52.0 Å². The van der Waals surface area contributed by atoms with Crippen molar-refractivity contribution in [1.82, 2.24) is 4.90 Å². The fraction of sp³-hybridized carbons (Fsp3) is 0.556. The van der Waals surface area contributed by atoms with Crippen LogP contribution in [0, 0.1) is 6.92 Å². The Hall–Kier alpha value is -1.84. The molecule has 0 aliphatic heterocycles. The summed E-state index contributed by atoms with van der Waals surface area (Å²) in [7, 11) is 1.76. The third kappa shape index (κ3) is 3.67. The van der Waals surface area contributed by atoms with Gasteiger partial charge in [0.2, 0.25) is 0 Å². The van der Waals surface area contributed by atoms with Crippen molar-refractivity contribution >= 4 is 17.5 Å². The Morgan fingerprint density at radius 3 is 2.41 bits per heavy atom. The molecule has 22 heavy (non-hydrogen) atoms. The van der Waals surface area contributed by atoms with E-state index in [1.807, 2.05) is 38.1 Å². The van der Waals surface area contributed by atoms with Crippen LogP contribution in [0.25, 0.3) is 0 Å². The molecule has 0 unspecified atom stereocenters. The van der Waals surface area contributed by atoms with Gasteiger partial charge in [-0.1, -0.05) is 31.4 Å². The normalized spacial score (nSPS) is 15.4. The maximum Gasteiger partial charge on any atom is 0.316 e. The summed E-state index contributed by atoms with van der Waals surface area (Å²) in [6.07, 6.45) is 5.53. The minimum absolute atomic E-state index is 0.210. The van der Waals surface area contributed by atoms with Crippen LogP contribution < -0.4 is 4.90 Å². The highest BCUT2D eigenvalue weighted by Crippen LogP contribution is 2.23. The fourth-order valence-electron chi connectivity index (χ4n) is 3.14. The molecule has 0 bridgehead atoms. The topological polar surface area (TPSA) is 40.6 Å². The van der Waals surface area contributed by atoms with Crippen LogP contribution in [0.1, 0.15) is 44.6 Å². The Kier molecular flexibility index (Phi) is 5.58. The molecule has 0 saturated heterocycles.